The van der Waals surface area contributed by atoms with E-state index in [0.29, 0.717) is 5.69 Å². The molecule has 0 aliphatic rings. The van der Waals surface area contributed by atoms with Gasteiger partial charge in [-0.3, -0.25) is 4.79 Å². The van der Waals surface area contributed by atoms with Gasteiger partial charge < -0.3 is 19.6 Å². The third-order valence-corrected chi connectivity index (χ3v) is 4.14. The van der Waals surface area contributed by atoms with Crippen LogP contribution in [0.15, 0.2) is 46.1 Å². The summed E-state index contributed by atoms with van der Waals surface area (Å²) in [6.07, 6.45) is 1.11. The molecule has 0 radical (unpaired) electrons. The van der Waals surface area contributed by atoms with Gasteiger partial charge in [-0.25, -0.2) is 8.42 Å². The average Bonchev–Trinajstić information content (AvgIpc) is 2.87. The number of nitrogens with zero attached hydrogens (tertiary/aromatic N) is 1. The summed E-state index contributed by atoms with van der Waals surface area (Å²) in [5.74, 6) is 0. The van der Waals surface area contributed by atoms with E-state index >= 15 is 0 Å². The van der Waals surface area contributed by atoms with Gasteiger partial charge in [0, 0.05) is 11.6 Å². The number of aryl methyl sites for hydroxylation is 1. The van der Waals surface area contributed by atoms with Crippen LogP contribution in [-0.4, -0.2) is 19.6 Å². The van der Waals surface area contributed by atoms with Gasteiger partial charge in [0.25, 0.3) is 0 Å². The van der Waals surface area contributed by atoms with Crippen molar-refractivity contribution in [3.05, 3.63) is 52.4 Å². The number of carbonyl (C=O) groups excluding carboxylic acids is 1. The number of benzene rings is 1. The Bertz CT molecular complexity index is 824. The molecule has 24 heavy (non-hydrogen) atoms. The number of aliphatic hydroxyl groups is 1. The van der Waals surface area contributed by atoms with E-state index in [1.807, 2.05) is 13.0 Å². The first-order chi connectivity index (χ1) is 10.6. The topological polar surface area (TPSA) is 111 Å². The van der Waals surface area contributed by atoms with Gasteiger partial charge in [0.2, 0.25) is 15.1 Å². The first-order valence-electron chi connectivity index (χ1n) is 6.75. The molecule has 1 aromatic carbocycles. The summed E-state index contributed by atoms with van der Waals surface area (Å²) in [5.41, 5.74) is 0.351. The van der Waals surface area contributed by atoms with Gasteiger partial charge in [0.15, 0.2) is 6.03 Å². The van der Waals surface area contributed by atoms with Gasteiger partial charge in [-0.05, 0) is 26.5 Å². The van der Waals surface area contributed by atoms with Gasteiger partial charge in [-0.15, -0.1) is 0 Å². The molecule has 124 valence electrons. The maximum absolute atomic E-state index is 12.0. The fourth-order valence-electron chi connectivity index (χ4n) is 1.80. The Morgan fingerprint density at radius 3 is 2.50 bits per heavy atom. The molecule has 0 spiro atoms. The minimum Gasteiger partial charge on any atom is -0.452 e. The molecule has 0 unspecified atom stereocenters. The predicted molar refractivity (Wildman–Crippen MR) is 84.7 cm³/mol. The molecule has 1 aromatic heterocycles. The van der Waals surface area contributed by atoms with Crippen molar-refractivity contribution in [1.82, 2.24) is 0 Å². The first kappa shape index (κ1) is 20.7. The zero-order valence-corrected chi connectivity index (χ0v) is 16.7. The Morgan fingerprint density at radius 2 is 1.96 bits per heavy atom. The van der Waals surface area contributed by atoms with E-state index in [1.54, 1.807) is 18.2 Å². The van der Waals surface area contributed by atoms with Crippen LogP contribution >= 0.6 is 0 Å². The number of carbonyl (C=O) groups is 1. The van der Waals surface area contributed by atoms with Crippen molar-refractivity contribution in [2.75, 3.05) is 5.32 Å². The Morgan fingerprint density at radius 1 is 1.29 bits per heavy atom. The summed E-state index contributed by atoms with van der Waals surface area (Å²) < 4.78 is 32.1. The summed E-state index contributed by atoms with van der Waals surface area (Å²) in [7, 11) is -4.29. The molecule has 0 bridgehead atoms. The summed E-state index contributed by atoms with van der Waals surface area (Å²) in [6.45, 7) is 4.80. The Labute approximate surface area is 162 Å². The Kier molecular flexibility index (Phi) is 6.66. The minimum absolute atomic E-state index is 0. The van der Waals surface area contributed by atoms with Crippen molar-refractivity contribution in [3.63, 3.8) is 0 Å². The molecule has 2 rings (SSSR count). The van der Waals surface area contributed by atoms with E-state index in [4.69, 9.17) is 4.42 Å². The van der Waals surface area contributed by atoms with Gasteiger partial charge in [-0.2, -0.15) is 0 Å². The molecule has 1 heterocycles. The van der Waals surface area contributed by atoms with Gasteiger partial charge in [0.05, 0.1) is 11.9 Å². The fourth-order valence-corrected chi connectivity index (χ4v) is 2.60. The van der Waals surface area contributed by atoms with Crippen molar-refractivity contribution >= 4 is 21.7 Å². The normalized spacial score (nSPS) is 11.5. The van der Waals surface area contributed by atoms with E-state index in [9.17, 15) is 18.3 Å². The van der Waals surface area contributed by atoms with Crippen LogP contribution in [0.25, 0.3) is 4.72 Å². The van der Waals surface area contributed by atoms with Crippen LogP contribution in [0.3, 0.4) is 0 Å². The number of urea groups is 1. The Balaban J connectivity index is 0.00000288. The monoisotopic (exact) mass is 360 g/mol. The van der Waals surface area contributed by atoms with Crippen LogP contribution in [0.4, 0.5) is 10.5 Å². The third-order valence-electron chi connectivity index (χ3n) is 3.01. The number of rotatable bonds is 4. The quantitative estimate of drug-likeness (QED) is 0.752. The van der Waals surface area contributed by atoms with Gasteiger partial charge in [-0.1, -0.05) is 29.8 Å². The van der Waals surface area contributed by atoms with Crippen molar-refractivity contribution in [3.8, 4) is 0 Å². The van der Waals surface area contributed by atoms with Gasteiger partial charge in [0.1, 0.15) is 0 Å². The first-order valence-corrected chi connectivity index (χ1v) is 8.19. The van der Waals surface area contributed by atoms with E-state index in [-0.39, 0.29) is 35.1 Å². The maximum atomic E-state index is 12.0. The molecule has 9 heteroatoms. The van der Waals surface area contributed by atoms with Gasteiger partial charge >= 0.3 is 29.6 Å². The van der Waals surface area contributed by atoms with E-state index in [0.717, 1.165) is 17.9 Å². The predicted octanol–water partition coefficient (Wildman–Crippen LogP) is 0.114. The molecule has 2 amide bonds. The number of hydrogen-bond acceptors (Lipinski definition) is 5. The van der Waals surface area contributed by atoms with Crippen molar-refractivity contribution < 1.29 is 52.3 Å². The van der Waals surface area contributed by atoms with E-state index in [1.165, 1.54) is 13.8 Å². The second kappa shape index (κ2) is 7.71. The van der Waals surface area contributed by atoms with Crippen molar-refractivity contribution in [2.24, 2.45) is 0 Å². The second-order valence-electron chi connectivity index (χ2n) is 5.58. The number of furan rings is 1. The molecule has 2 N–H and O–H groups in total. The molecule has 0 aliphatic heterocycles. The largest absolute Gasteiger partial charge is 1.00 e. The van der Waals surface area contributed by atoms with Crippen LogP contribution < -0.4 is 34.9 Å². The SMILES string of the molecule is Cc1cccc(NC(=O)[N-]S(=O)(=O)c2cc(C(C)(C)O)co2)c1.[Na+]. The van der Waals surface area contributed by atoms with Crippen LogP contribution in [-0.2, 0) is 15.6 Å². The number of anilines is 1. The number of amides is 2. The number of sulfonamides is 1. The van der Waals surface area contributed by atoms with Crippen LogP contribution in [0.5, 0.6) is 0 Å². The zero-order valence-electron chi connectivity index (χ0n) is 13.9. The Hall–Kier alpha value is -1.32. The molecule has 2 aromatic rings. The molecular formula is C15H17N2NaO5S. The standard InChI is InChI=1S/C15H18N2O5S.Na/c1-10-5-4-6-12(7-10)16-14(18)17-23(20,21)13-8-11(9-22-13)15(2,3)19;/h4-9,19H,1-3H3,(H2,16,17,18);/q;+1/p-1. The molecular weight excluding hydrogens is 343 g/mol. The summed E-state index contributed by atoms with van der Waals surface area (Å²) in [5, 5.41) is 11.7. The van der Waals surface area contributed by atoms with Crippen LogP contribution in [0.1, 0.15) is 25.0 Å². The molecule has 0 saturated heterocycles. The second-order valence-corrected chi connectivity index (χ2v) is 7.11. The van der Waals surface area contributed by atoms with Crippen molar-refractivity contribution in [2.45, 2.75) is 31.5 Å². The maximum Gasteiger partial charge on any atom is 1.00 e. The zero-order chi connectivity index (χ0) is 17.3. The summed E-state index contributed by atoms with van der Waals surface area (Å²) in [4.78, 5) is 11.8. The van der Waals surface area contributed by atoms with Crippen LogP contribution in [0, 0.1) is 6.92 Å². The average molecular weight is 360 g/mol. The minimum atomic E-state index is -4.29. The number of nitrogens with one attached hydrogen (secondary N) is 1. The molecule has 0 atom stereocenters. The molecule has 0 saturated carbocycles. The number of hydrogen-bond donors (Lipinski definition) is 2. The van der Waals surface area contributed by atoms with Crippen molar-refractivity contribution in [1.29, 1.82) is 0 Å². The molecule has 7 nitrogen and oxygen atoms in total. The van der Waals surface area contributed by atoms with E-state index in [2.05, 4.69) is 10.0 Å². The molecule has 0 fully saturated rings. The smallest absolute Gasteiger partial charge is 0.452 e. The summed E-state index contributed by atoms with van der Waals surface area (Å²) >= 11 is 0. The van der Waals surface area contributed by atoms with E-state index < -0.39 is 26.7 Å². The van der Waals surface area contributed by atoms with Crippen LogP contribution in [0.2, 0.25) is 0 Å². The third kappa shape index (κ3) is 5.35. The molecule has 0 aliphatic carbocycles. The summed E-state index contributed by atoms with van der Waals surface area (Å²) in [6, 6.07) is 6.97. The fraction of sp³-hybridized carbons (Fsp3) is 0.267.